The van der Waals surface area contributed by atoms with Gasteiger partial charge in [0.25, 0.3) is 0 Å². The van der Waals surface area contributed by atoms with E-state index in [1.165, 1.54) is 37.1 Å². The minimum absolute atomic E-state index is 0.0750. The molecule has 0 saturated heterocycles. The zero-order valence-electron chi connectivity index (χ0n) is 28.8. The molecule has 0 aromatic heterocycles. The molecule has 0 saturated carbocycles. The fourth-order valence-corrected chi connectivity index (χ4v) is 7.27. The summed E-state index contributed by atoms with van der Waals surface area (Å²) < 4.78 is 24.1. The van der Waals surface area contributed by atoms with E-state index in [0.29, 0.717) is 19.3 Å². The standard InChI is InChI=1S/C42H46FNO5/c1-30-39-29-41(49-32(3)46)40(48-31(2)45)28-34(39)23-27-44(30)26-11-25-42(35-12-6-4-7-13-35,36-14-8-5-9-15-36)24-10-16-38(47)22-19-33-17-20-37(43)21-18-33/h4-9,12-15,17-18,20-21,28-30H,10-11,16,19,22-27H2,1-3H3. The van der Waals surface area contributed by atoms with Crippen LogP contribution < -0.4 is 9.47 Å². The predicted molar refractivity (Wildman–Crippen MR) is 189 cm³/mol. The number of halogens is 1. The zero-order valence-corrected chi connectivity index (χ0v) is 28.8. The Hall–Kier alpha value is -4.62. The Labute approximate surface area is 289 Å². The minimum Gasteiger partial charge on any atom is -0.423 e. The van der Waals surface area contributed by atoms with Crippen LogP contribution in [-0.4, -0.2) is 35.7 Å². The van der Waals surface area contributed by atoms with E-state index in [1.54, 1.807) is 12.1 Å². The quantitative estimate of drug-likeness (QED) is 0.0936. The lowest BCUT2D eigenvalue weighted by molar-refractivity contribution is -0.134. The SMILES string of the molecule is CC(=O)Oc1cc2c(cc1OC(C)=O)C(C)N(CCCC(CCCC(=O)CCc1ccc(F)cc1)(c1ccccc1)c1ccccc1)CC2. The Morgan fingerprint density at radius 3 is 1.94 bits per heavy atom. The van der Waals surface area contributed by atoms with Crippen molar-refractivity contribution in [2.24, 2.45) is 0 Å². The number of Topliss-reactive ketones (excluding diaryl/α,β-unsaturated/α-hetero) is 1. The average Bonchev–Trinajstić information content (AvgIpc) is 3.09. The number of ketones is 1. The number of fused-ring (bicyclic) bond motifs is 1. The van der Waals surface area contributed by atoms with Crippen LogP contribution >= 0.6 is 0 Å². The number of esters is 2. The molecule has 5 rings (SSSR count). The fourth-order valence-electron chi connectivity index (χ4n) is 7.27. The molecule has 0 aliphatic carbocycles. The van der Waals surface area contributed by atoms with E-state index in [-0.39, 0.29) is 34.6 Å². The van der Waals surface area contributed by atoms with Gasteiger partial charge in [-0.3, -0.25) is 19.3 Å². The van der Waals surface area contributed by atoms with E-state index in [9.17, 15) is 18.8 Å². The second-order valence-electron chi connectivity index (χ2n) is 13.1. The van der Waals surface area contributed by atoms with E-state index in [4.69, 9.17) is 9.47 Å². The molecule has 6 nitrogen and oxygen atoms in total. The normalized spacial score (nSPS) is 14.6. The number of hydrogen-bond donors (Lipinski definition) is 0. The number of nitrogens with zero attached hydrogens (tertiary/aromatic N) is 1. The van der Waals surface area contributed by atoms with Crippen LogP contribution in [0.2, 0.25) is 0 Å². The van der Waals surface area contributed by atoms with Gasteiger partial charge >= 0.3 is 11.9 Å². The molecule has 0 spiro atoms. The summed E-state index contributed by atoms with van der Waals surface area (Å²) in [7, 11) is 0. The van der Waals surface area contributed by atoms with Crippen molar-refractivity contribution in [1.82, 2.24) is 4.90 Å². The lowest BCUT2D eigenvalue weighted by Gasteiger charge is -2.39. The van der Waals surface area contributed by atoms with Crippen molar-refractivity contribution in [1.29, 1.82) is 0 Å². The van der Waals surface area contributed by atoms with Crippen LogP contribution in [0.1, 0.15) is 93.2 Å². The molecule has 0 radical (unpaired) electrons. The number of rotatable bonds is 15. The highest BCUT2D eigenvalue weighted by Gasteiger charge is 2.34. The van der Waals surface area contributed by atoms with Gasteiger partial charge in [0, 0.05) is 44.7 Å². The first-order valence-electron chi connectivity index (χ1n) is 17.3. The minimum atomic E-state index is -0.471. The van der Waals surface area contributed by atoms with E-state index in [0.717, 1.165) is 61.9 Å². The van der Waals surface area contributed by atoms with Crippen LogP contribution in [0, 0.1) is 5.82 Å². The molecule has 1 unspecified atom stereocenters. The maximum absolute atomic E-state index is 13.3. The number of benzene rings is 4. The van der Waals surface area contributed by atoms with Gasteiger partial charge in [-0.25, -0.2) is 4.39 Å². The molecule has 0 bridgehead atoms. The van der Waals surface area contributed by atoms with Gasteiger partial charge in [-0.2, -0.15) is 0 Å². The van der Waals surface area contributed by atoms with Gasteiger partial charge in [0.1, 0.15) is 11.6 Å². The van der Waals surface area contributed by atoms with Crippen LogP contribution in [0.4, 0.5) is 4.39 Å². The Kier molecular flexibility index (Phi) is 12.1. The number of ether oxygens (including phenoxy) is 2. The highest BCUT2D eigenvalue weighted by molar-refractivity contribution is 5.78. The lowest BCUT2D eigenvalue weighted by atomic mass is 9.68. The van der Waals surface area contributed by atoms with Crippen molar-refractivity contribution in [3.8, 4) is 11.5 Å². The molecule has 1 aliphatic heterocycles. The van der Waals surface area contributed by atoms with Crippen molar-refractivity contribution in [2.75, 3.05) is 13.1 Å². The summed E-state index contributed by atoms with van der Waals surface area (Å²) in [5, 5.41) is 0. The van der Waals surface area contributed by atoms with Crippen LogP contribution in [0.15, 0.2) is 97.1 Å². The van der Waals surface area contributed by atoms with Gasteiger partial charge in [0.15, 0.2) is 11.5 Å². The molecule has 1 heterocycles. The van der Waals surface area contributed by atoms with Gasteiger partial charge in [-0.15, -0.1) is 0 Å². The van der Waals surface area contributed by atoms with Crippen molar-refractivity contribution in [3.05, 3.63) is 131 Å². The summed E-state index contributed by atoms with van der Waals surface area (Å²) in [4.78, 5) is 39.1. The second-order valence-corrected chi connectivity index (χ2v) is 13.1. The van der Waals surface area contributed by atoms with Gasteiger partial charge in [0.05, 0.1) is 0 Å². The van der Waals surface area contributed by atoms with Gasteiger partial charge in [-0.1, -0.05) is 72.8 Å². The Balaban J connectivity index is 1.31. The smallest absolute Gasteiger partial charge is 0.308 e. The summed E-state index contributed by atoms with van der Waals surface area (Å²) in [5.41, 5.74) is 5.36. The van der Waals surface area contributed by atoms with E-state index in [1.807, 2.05) is 24.3 Å². The third-order valence-corrected chi connectivity index (χ3v) is 9.75. The van der Waals surface area contributed by atoms with Crippen LogP contribution in [0.5, 0.6) is 11.5 Å². The molecule has 0 fully saturated rings. The first-order chi connectivity index (χ1) is 23.6. The van der Waals surface area contributed by atoms with Gasteiger partial charge in [-0.05, 0) is 104 Å². The second kappa shape index (κ2) is 16.7. The van der Waals surface area contributed by atoms with E-state index >= 15 is 0 Å². The Bertz CT molecular complexity index is 1680. The van der Waals surface area contributed by atoms with Gasteiger partial charge in [0.2, 0.25) is 0 Å². The fraction of sp³-hybridized carbons (Fsp3) is 0.357. The molecule has 256 valence electrons. The first-order valence-corrected chi connectivity index (χ1v) is 17.3. The van der Waals surface area contributed by atoms with Crippen molar-refractivity contribution in [3.63, 3.8) is 0 Å². The molecule has 7 heteroatoms. The number of hydrogen-bond acceptors (Lipinski definition) is 6. The predicted octanol–water partition coefficient (Wildman–Crippen LogP) is 8.73. The molecule has 0 amide bonds. The number of carbonyl (C=O) groups excluding carboxylic acids is 3. The van der Waals surface area contributed by atoms with Crippen LogP contribution in [-0.2, 0) is 32.6 Å². The highest BCUT2D eigenvalue weighted by Crippen LogP contribution is 2.43. The maximum atomic E-state index is 13.3. The molecule has 1 aliphatic rings. The highest BCUT2D eigenvalue weighted by atomic mass is 19.1. The maximum Gasteiger partial charge on any atom is 0.308 e. The summed E-state index contributed by atoms with van der Waals surface area (Å²) in [6, 6.07) is 31.4. The molecule has 4 aromatic carbocycles. The molecule has 4 aromatic rings. The van der Waals surface area contributed by atoms with Crippen LogP contribution in [0.3, 0.4) is 0 Å². The first kappa shape index (κ1) is 35.7. The topological polar surface area (TPSA) is 72.9 Å². The lowest BCUT2D eigenvalue weighted by Crippen LogP contribution is -2.36. The number of aryl methyl sites for hydroxylation is 1. The third-order valence-electron chi connectivity index (χ3n) is 9.75. The summed E-state index contributed by atoms with van der Waals surface area (Å²) in [6.45, 7) is 6.56. The molecule has 0 N–H and O–H groups in total. The summed E-state index contributed by atoms with van der Waals surface area (Å²) in [6.07, 6.45) is 5.81. The summed E-state index contributed by atoms with van der Waals surface area (Å²) >= 11 is 0. The third kappa shape index (κ3) is 9.30. The van der Waals surface area contributed by atoms with E-state index in [2.05, 4.69) is 60.4 Å². The zero-order chi connectivity index (χ0) is 34.8. The molecular weight excluding hydrogens is 617 g/mol. The van der Waals surface area contributed by atoms with E-state index < -0.39 is 11.9 Å². The molecule has 1 atom stereocenters. The van der Waals surface area contributed by atoms with Crippen molar-refractivity contribution < 1.29 is 28.2 Å². The Morgan fingerprint density at radius 2 is 1.35 bits per heavy atom. The summed E-state index contributed by atoms with van der Waals surface area (Å²) in [5.74, 6) is -0.447. The van der Waals surface area contributed by atoms with Crippen LogP contribution in [0.25, 0.3) is 0 Å². The average molecular weight is 664 g/mol. The molecular formula is C42H46FNO5. The van der Waals surface area contributed by atoms with Crippen molar-refractivity contribution >= 4 is 17.7 Å². The van der Waals surface area contributed by atoms with Crippen molar-refractivity contribution in [2.45, 2.75) is 83.6 Å². The number of carbonyl (C=O) groups is 3. The Morgan fingerprint density at radius 1 is 0.776 bits per heavy atom. The monoisotopic (exact) mass is 663 g/mol. The molecule has 49 heavy (non-hydrogen) atoms. The van der Waals surface area contributed by atoms with Gasteiger partial charge < -0.3 is 9.47 Å². The largest absolute Gasteiger partial charge is 0.423 e.